The van der Waals surface area contributed by atoms with E-state index >= 15 is 0 Å². The molecular formula is C24H29N3O3. The summed E-state index contributed by atoms with van der Waals surface area (Å²) in [6, 6.07) is 9.52. The molecule has 0 N–H and O–H groups in total. The molecular weight excluding hydrogens is 378 g/mol. The van der Waals surface area contributed by atoms with Crippen molar-refractivity contribution in [2.45, 2.75) is 51.6 Å². The van der Waals surface area contributed by atoms with E-state index in [0.29, 0.717) is 18.0 Å². The quantitative estimate of drug-likeness (QED) is 0.564. The maximum absolute atomic E-state index is 5.81. The van der Waals surface area contributed by atoms with Gasteiger partial charge in [-0.15, -0.1) is 5.10 Å². The van der Waals surface area contributed by atoms with Crippen LogP contribution in [-0.2, 0) is 0 Å². The van der Waals surface area contributed by atoms with Crippen LogP contribution in [0.2, 0.25) is 0 Å². The van der Waals surface area contributed by atoms with Crippen LogP contribution < -0.4 is 19.1 Å². The number of hydrogen-bond acceptors (Lipinski definition) is 5. The van der Waals surface area contributed by atoms with Crippen LogP contribution in [0.25, 0.3) is 16.8 Å². The molecule has 0 saturated heterocycles. The summed E-state index contributed by atoms with van der Waals surface area (Å²) in [5.41, 5.74) is 6.33. The predicted molar refractivity (Wildman–Crippen MR) is 118 cm³/mol. The molecule has 2 aliphatic rings. The minimum Gasteiger partial charge on any atom is -0.496 e. The normalized spacial score (nSPS) is 16.0. The molecule has 158 valence electrons. The third-order valence-corrected chi connectivity index (χ3v) is 6.16. The average Bonchev–Trinajstić information content (AvgIpc) is 3.67. The van der Waals surface area contributed by atoms with Crippen molar-refractivity contribution in [3.05, 3.63) is 35.4 Å². The fraction of sp³-hybridized carbons (Fsp3) is 0.458. The van der Waals surface area contributed by atoms with Crippen molar-refractivity contribution in [1.29, 1.82) is 0 Å². The zero-order valence-electron chi connectivity index (χ0n) is 18.4. The first-order valence-corrected chi connectivity index (χ1v) is 10.6. The van der Waals surface area contributed by atoms with Gasteiger partial charge in [0, 0.05) is 12.1 Å². The molecule has 5 rings (SSSR count). The maximum Gasteiger partial charge on any atom is 0.257 e. The lowest BCUT2D eigenvalue weighted by molar-refractivity contribution is 0.392. The monoisotopic (exact) mass is 407 g/mol. The summed E-state index contributed by atoms with van der Waals surface area (Å²) in [5, 5.41) is 4.92. The summed E-state index contributed by atoms with van der Waals surface area (Å²) in [7, 11) is 5.10. The summed E-state index contributed by atoms with van der Waals surface area (Å²) in [6.45, 7) is 4.18. The molecule has 2 saturated carbocycles. The molecule has 0 aliphatic heterocycles. The van der Waals surface area contributed by atoms with E-state index in [1.54, 1.807) is 21.3 Å². The van der Waals surface area contributed by atoms with Crippen molar-refractivity contribution >= 4 is 11.2 Å². The first-order chi connectivity index (χ1) is 14.6. The van der Waals surface area contributed by atoms with Gasteiger partial charge in [0.05, 0.1) is 38.1 Å². The summed E-state index contributed by atoms with van der Waals surface area (Å²) in [4.78, 5) is 2.57. The molecule has 6 nitrogen and oxygen atoms in total. The zero-order valence-corrected chi connectivity index (χ0v) is 18.4. The molecule has 0 radical (unpaired) electrons. The summed E-state index contributed by atoms with van der Waals surface area (Å²) in [5.74, 6) is 2.23. The molecule has 0 unspecified atom stereocenters. The van der Waals surface area contributed by atoms with Crippen LogP contribution in [0.5, 0.6) is 17.4 Å². The molecule has 2 fully saturated rings. The Balaban J connectivity index is 1.80. The number of ether oxygens (including phenoxy) is 3. The third-order valence-electron chi connectivity index (χ3n) is 6.16. The number of hydrogen-bond donors (Lipinski definition) is 0. The number of nitrogens with zero attached hydrogens (tertiary/aromatic N) is 3. The minimum absolute atomic E-state index is 0.603. The molecule has 0 bridgehead atoms. The average molecular weight is 408 g/mol. The van der Waals surface area contributed by atoms with Gasteiger partial charge in [0.15, 0.2) is 0 Å². The Morgan fingerprint density at radius 3 is 2.00 bits per heavy atom. The lowest BCUT2D eigenvalue weighted by atomic mass is 10.0. The Hall–Kier alpha value is -2.89. The first kappa shape index (κ1) is 19.1. The topological polar surface area (TPSA) is 48.2 Å². The third kappa shape index (κ3) is 2.97. The molecule has 2 aromatic heterocycles. The van der Waals surface area contributed by atoms with Crippen molar-refractivity contribution in [1.82, 2.24) is 9.61 Å². The van der Waals surface area contributed by atoms with E-state index in [9.17, 15) is 0 Å². The highest BCUT2D eigenvalue weighted by molar-refractivity contribution is 5.87. The molecule has 1 aromatic carbocycles. The summed E-state index contributed by atoms with van der Waals surface area (Å²) < 4.78 is 19.3. The minimum atomic E-state index is 0.603. The number of anilines is 1. The van der Waals surface area contributed by atoms with Crippen LogP contribution in [0.1, 0.15) is 36.8 Å². The van der Waals surface area contributed by atoms with Crippen LogP contribution in [0.15, 0.2) is 24.3 Å². The largest absolute Gasteiger partial charge is 0.496 e. The molecule has 30 heavy (non-hydrogen) atoms. The number of aryl methyl sites for hydroxylation is 2. The Labute approximate surface area is 177 Å². The van der Waals surface area contributed by atoms with E-state index in [4.69, 9.17) is 19.3 Å². The van der Waals surface area contributed by atoms with Crippen LogP contribution in [-0.4, -0.2) is 43.0 Å². The van der Waals surface area contributed by atoms with Gasteiger partial charge in [-0.25, -0.2) is 4.52 Å². The Morgan fingerprint density at radius 2 is 1.50 bits per heavy atom. The highest BCUT2D eigenvalue weighted by Gasteiger charge is 2.42. The highest BCUT2D eigenvalue weighted by Crippen LogP contribution is 2.48. The molecule has 2 aliphatic carbocycles. The number of pyridine rings is 1. The fourth-order valence-electron chi connectivity index (χ4n) is 4.49. The molecule has 0 atom stereocenters. The van der Waals surface area contributed by atoms with Gasteiger partial charge in [0.2, 0.25) is 0 Å². The Bertz CT molecular complexity index is 1080. The van der Waals surface area contributed by atoms with E-state index in [0.717, 1.165) is 39.5 Å². The van der Waals surface area contributed by atoms with Gasteiger partial charge < -0.3 is 19.1 Å². The second-order valence-corrected chi connectivity index (χ2v) is 8.43. The molecule has 0 spiro atoms. The molecule has 2 heterocycles. The van der Waals surface area contributed by atoms with E-state index in [-0.39, 0.29) is 0 Å². The highest BCUT2D eigenvalue weighted by atomic mass is 16.5. The van der Waals surface area contributed by atoms with Gasteiger partial charge in [-0.2, -0.15) is 0 Å². The predicted octanol–water partition coefficient (Wildman–Crippen LogP) is 4.78. The first-order valence-electron chi connectivity index (χ1n) is 10.6. The fourth-order valence-corrected chi connectivity index (χ4v) is 4.49. The van der Waals surface area contributed by atoms with Crippen LogP contribution in [0, 0.1) is 13.8 Å². The second-order valence-electron chi connectivity index (χ2n) is 8.43. The number of aromatic nitrogens is 2. The van der Waals surface area contributed by atoms with E-state index in [2.05, 4.69) is 24.0 Å². The number of benzene rings is 1. The number of rotatable bonds is 7. The molecule has 3 aromatic rings. The smallest absolute Gasteiger partial charge is 0.257 e. The van der Waals surface area contributed by atoms with Gasteiger partial charge in [-0.05, 0) is 68.9 Å². The standard InChI is InChI=1S/C24H29N3O3/c1-14-12-19(28-3)21(20(13-14)29-4)18-11-6-15(2)22-23(24(30-5)25-27(18)22)26(16-7-8-16)17-9-10-17/h6,11-13,16-17H,7-10H2,1-5H3. The van der Waals surface area contributed by atoms with Crippen molar-refractivity contribution in [2.75, 3.05) is 26.2 Å². The Morgan fingerprint density at radius 1 is 0.900 bits per heavy atom. The van der Waals surface area contributed by atoms with Gasteiger partial charge in [0.1, 0.15) is 17.2 Å². The molecule has 0 amide bonds. The summed E-state index contributed by atoms with van der Waals surface area (Å²) >= 11 is 0. The lowest BCUT2D eigenvalue weighted by Crippen LogP contribution is -2.28. The second kappa shape index (κ2) is 7.11. The maximum atomic E-state index is 5.81. The van der Waals surface area contributed by atoms with E-state index < -0.39 is 0 Å². The Kier molecular flexibility index (Phi) is 4.53. The zero-order chi connectivity index (χ0) is 21.0. The van der Waals surface area contributed by atoms with Gasteiger partial charge in [-0.1, -0.05) is 6.07 Å². The van der Waals surface area contributed by atoms with Crippen molar-refractivity contribution in [2.24, 2.45) is 0 Å². The van der Waals surface area contributed by atoms with Gasteiger partial charge in [0.25, 0.3) is 5.88 Å². The SMILES string of the molecule is COc1cc(C)cc(OC)c1-c1ccc(C)c2c(N(C3CC3)C3CC3)c(OC)nn12. The number of methoxy groups -OCH3 is 3. The van der Waals surface area contributed by atoms with Gasteiger partial charge >= 0.3 is 0 Å². The van der Waals surface area contributed by atoms with E-state index in [1.165, 1.54) is 31.2 Å². The van der Waals surface area contributed by atoms with E-state index in [1.807, 2.05) is 23.6 Å². The molecule has 6 heteroatoms. The van der Waals surface area contributed by atoms with Crippen LogP contribution in [0.3, 0.4) is 0 Å². The number of fused-ring (bicyclic) bond motifs is 1. The van der Waals surface area contributed by atoms with Gasteiger partial charge in [-0.3, -0.25) is 0 Å². The van der Waals surface area contributed by atoms with Crippen LogP contribution in [0.4, 0.5) is 5.69 Å². The van der Waals surface area contributed by atoms with Crippen molar-refractivity contribution in [3.8, 4) is 28.6 Å². The summed E-state index contributed by atoms with van der Waals surface area (Å²) in [6.07, 6.45) is 4.98. The van der Waals surface area contributed by atoms with Crippen molar-refractivity contribution < 1.29 is 14.2 Å². The lowest BCUT2D eigenvalue weighted by Gasteiger charge is -2.24. The van der Waals surface area contributed by atoms with Crippen molar-refractivity contribution in [3.63, 3.8) is 0 Å². The van der Waals surface area contributed by atoms with Crippen LogP contribution >= 0.6 is 0 Å².